The molecule has 0 fully saturated rings. The molecular weight excluding hydrogens is 372 g/mol. The lowest BCUT2D eigenvalue weighted by Gasteiger charge is -2.04. The Morgan fingerprint density at radius 1 is 1.30 bits per heavy atom. The molecule has 0 aliphatic rings. The molecular formula is C17H16N4O5S. The minimum Gasteiger partial charge on any atom is -0.465 e. The molecule has 0 aliphatic carbocycles. The van der Waals surface area contributed by atoms with Gasteiger partial charge in [0.1, 0.15) is 9.88 Å². The van der Waals surface area contributed by atoms with Crippen LogP contribution in [0.5, 0.6) is 0 Å². The molecule has 0 saturated carbocycles. The van der Waals surface area contributed by atoms with E-state index in [4.69, 9.17) is 9.47 Å². The number of methoxy groups -OCH3 is 1. The van der Waals surface area contributed by atoms with Crippen molar-refractivity contribution in [2.24, 2.45) is 0 Å². The number of hydrogen-bond acceptors (Lipinski definition) is 8. The molecule has 0 spiro atoms. The number of nitrogens with zero attached hydrogens (tertiary/aromatic N) is 3. The summed E-state index contributed by atoms with van der Waals surface area (Å²) >= 11 is 0.950. The summed E-state index contributed by atoms with van der Waals surface area (Å²) in [6.07, 6.45) is 3.25. The standard InChI is InChI=1S/C17H16N4O5S/c1-4-26-17(24)13-9(2)12(16(23)25-3)15(27-13)19-14(22)10-8-11-18-6-5-7-21(11)20-10/h5-8H,4H2,1-3H3,(H,19,22). The van der Waals surface area contributed by atoms with Gasteiger partial charge in [0.2, 0.25) is 0 Å². The number of hydrogen-bond donors (Lipinski definition) is 1. The molecule has 3 aromatic heterocycles. The van der Waals surface area contributed by atoms with Crippen molar-refractivity contribution in [2.75, 3.05) is 19.0 Å². The first-order chi connectivity index (χ1) is 13.0. The molecule has 0 aliphatic heterocycles. The van der Waals surface area contributed by atoms with Crippen LogP contribution in [-0.4, -0.2) is 46.2 Å². The predicted molar refractivity (Wildman–Crippen MR) is 97.3 cm³/mol. The van der Waals surface area contributed by atoms with E-state index in [1.54, 1.807) is 32.3 Å². The van der Waals surface area contributed by atoms with Gasteiger partial charge in [-0.1, -0.05) is 0 Å². The summed E-state index contributed by atoms with van der Waals surface area (Å²) in [5.74, 6) is -1.77. The summed E-state index contributed by atoms with van der Waals surface area (Å²) in [6, 6.07) is 3.20. The molecule has 0 atom stereocenters. The molecule has 140 valence electrons. The lowest BCUT2D eigenvalue weighted by molar-refractivity contribution is 0.0531. The Morgan fingerprint density at radius 2 is 2.07 bits per heavy atom. The second-order valence-electron chi connectivity index (χ2n) is 5.38. The molecule has 9 nitrogen and oxygen atoms in total. The predicted octanol–water partition coefficient (Wildman–Crippen LogP) is 2.31. The van der Waals surface area contributed by atoms with Crippen LogP contribution in [0.25, 0.3) is 5.65 Å². The van der Waals surface area contributed by atoms with E-state index >= 15 is 0 Å². The number of rotatable bonds is 5. The van der Waals surface area contributed by atoms with Gasteiger partial charge in [-0.15, -0.1) is 11.3 Å². The fourth-order valence-corrected chi connectivity index (χ4v) is 3.53. The summed E-state index contributed by atoms with van der Waals surface area (Å²) in [6.45, 7) is 3.47. The number of esters is 2. The topological polar surface area (TPSA) is 112 Å². The first-order valence-corrected chi connectivity index (χ1v) is 8.78. The van der Waals surface area contributed by atoms with Gasteiger partial charge < -0.3 is 14.8 Å². The Balaban J connectivity index is 1.97. The van der Waals surface area contributed by atoms with Gasteiger partial charge in [0.15, 0.2) is 11.3 Å². The van der Waals surface area contributed by atoms with Crippen LogP contribution in [0.4, 0.5) is 5.00 Å². The minimum atomic E-state index is -0.661. The molecule has 3 heterocycles. The van der Waals surface area contributed by atoms with Crippen LogP contribution in [0.1, 0.15) is 43.0 Å². The average molecular weight is 388 g/mol. The molecule has 3 rings (SSSR count). The number of carbonyl (C=O) groups is 3. The summed E-state index contributed by atoms with van der Waals surface area (Å²) in [5.41, 5.74) is 1.12. The molecule has 1 N–H and O–H groups in total. The van der Waals surface area contributed by atoms with E-state index in [2.05, 4.69) is 15.4 Å². The van der Waals surface area contributed by atoms with Crippen molar-refractivity contribution < 1.29 is 23.9 Å². The summed E-state index contributed by atoms with van der Waals surface area (Å²) in [4.78, 5) is 41.2. The highest BCUT2D eigenvalue weighted by molar-refractivity contribution is 7.18. The molecule has 0 unspecified atom stereocenters. The number of ether oxygens (including phenoxy) is 2. The van der Waals surface area contributed by atoms with E-state index in [1.807, 2.05) is 0 Å². The van der Waals surface area contributed by atoms with E-state index < -0.39 is 17.8 Å². The Labute approximate surface area is 157 Å². The van der Waals surface area contributed by atoms with Crippen molar-refractivity contribution in [2.45, 2.75) is 13.8 Å². The maximum atomic E-state index is 12.6. The van der Waals surface area contributed by atoms with E-state index in [-0.39, 0.29) is 27.7 Å². The van der Waals surface area contributed by atoms with Crippen LogP contribution in [-0.2, 0) is 9.47 Å². The normalized spacial score (nSPS) is 10.6. The van der Waals surface area contributed by atoms with Gasteiger partial charge in [0.25, 0.3) is 5.91 Å². The van der Waals surface area contributed by atoms with Gasteiger partial charge in [-0.05, 0) is 25.5 Å². The monoisotopic (exact) mass is 388 g/mol. The quantitative estimate of drug-likeness (QED) is 0.668. The number of aromatic nitrogens is 3. The Kier molecular flexibility index (Phi) is 5.17. The molecule has 1 amide bonds. The minimum absolute atomic E-state index is 0.112. The van der Waals surface area contributed by atoms with Crippen LogP contribution in [0.2, 0.25) is 0 Å². The van der Waals surface area contributed by atoms with Crippen LogP contribution in [0.15, 0.2) is 24.5 Å². The van der Waals surface area contributed by atoms with Crippen LogP contribution >= 0.6 is 11.3 Å². The van der Waals surface area contributed by atoms with E-state index in [0.29, 0.717) is 11.2 Å². The Morgan fingerprint density at radius 3 is 2.74 bits per heavy atom. The highest BCUT2D eigenvalue weighted by atomic mass is 32.1. The lowest BCUT2D eigenvalue weighted by Crippen LogP contribution is -2.15. The highest BCUT2D eigenvalue weighted by Gasteiger charge is 2.27. The molecule has 27 heavy (non-hydrogen) atoms. The second-order valence-corrected chi connectivity index (χ2v) is 6.40. The number of carbonyl (C=O) groups excluding carboxylic acids is 3. The average Bonchev–Trinajstić information content (AvgIpc) is 3.22. The molecule has 0 aromatic carbocycles. The van der Waals surface area contributed by atoms with Crippen LogP contribution in [0, 0.1) is 6.92 Å². The number of fused-ring (bicyclic) bond motifs is 1. The number of anilines is 1. The molecule has 0 saturated heterocycles. The van der Waals surface area contributed by atoms with Crippen molar-refractivity contribution in [1.82, 2.24) is 14.6 Å². The largest absolute Gasteiger partial charge is 0.465 e. The van der Waals surface area contributed by atoms with Crippen LogP contribution < -0.4 is 5.32 Å². The first-order valence-electron chi connectivity index (χ1n) is 7.96. The third kappa shape index (κ3) is 3.51. The van der Waals surface area contributed by atoms with E-state index in [1.165, 1.54) is 17.7 Å². The molecule has 0 radical (unpaired) electrons. The third-order valence-corrected chi connectivity index (χ3v) is 4.88. The van der Waals surface area contributed by atoms with E-state index in [0.717, 1.165) is 11.3 Å². The SMILES string of the molecule is CCOC(=O)c1sc(NC(=O)c2cc3ncccn3n2)c(C(=O)OC)c1C. The summed E-state index contributed by atoms with van der Waals surface area (Å²) < 4.78 is 11.2. The first kappa shape index (κ1) is 18.5. The van der Waals surface area contributed by atoms with Gasteiger partial charge in [-0.2, -0.15) is 5.10 Å². The summed E-state index contributed by atoms with van der Waals surface area (Å²) in [5, 5.41) is 6.96. The van der Waals surface area contributed by atoms with Gasteiger partial charge in [0, 0.05) is 18.5 Å². The van der Waals surface area contributed by atoms with Crippen molar-refractivity contribution in [3.8, 4) is 0 Å². The fourth-order valence-electron chi connectivity index (χ4n) is 2.45. The lowest BCUT2D eigenvalue weighted by atomic mass is 10.1. The van der Waals surface area contributed by atoms with E-state index in [9.17, 15) is 14.4 Å². The van der Waals surface area contributed by atoms with Crippen molar-refractivity contribution in [3.05, 3.63) is 46.2 Å². The maximum absolute atomic E-state index is 12.6. The zero-order valence-electron chi connectivity index (χ0n) is 14.8. The van der Waals surface area contributed by atoms with Gasteiger partial charge >= 0.3 is 11.9 Å². The molecule has 0 bridgehead atoms. The molecule has 3 aromatic rings. The third-order valence-electron chi connectivity index (χ3n) is 3.69. The Bertz CT molecular complexity index is 1010. The van der Waals surface area contributed by atoms with Gasteiger partial charge in [0.05, 0.1) is 19.3 Å². The fraction of sp³-hybridized carbons (Fsp3) is 0.235. The zero-order chi connectivity index (χ0) is 19.6. The van der Waals surface area contributed by atoms with Crippen molar-refractivity contribution >= 4 is 39.8 Å². The number of amides is 1. The van der Waals surface area contributed by atoms with Crippen molar-refractivity contribution in [1.29, 1.82) is 0 Å². The second kappa shape index (κ2) is 7.54. The van der Waals surface area contributed by atoms with Gasteiger partial charge in [-0.3, -0.25) is 4.79 Å². The highest BCUT2D eigenvalue weighted by Crippen LogP contribution is 2.34. The van der Waals surface area contributed by atoms with Crippen molar-refractivity contribution in [3.63, 3.8) is 0 Å². The molecule has 10 heteroatoms. The van der Waals surface area contributed by atoms with Crippen LogP contribution in [0.3, 0.4) is 0 Å². The maximum Gasteiger partial charge on any atom is 0.348 e. The van der Waals surface area contributed by atoms with Gasteiger partial charge in [-0.25, -0.2) is 19.1 Å². The smallest absolute Gasteiger partial charge is 0.348 e. The zero-order valence-corrected chi connectivity index (χ0v) is 15.6. The number of nitrogens with one attached hydrogen (secondary N) is 1. The summed E-state index contributed by atoms with van der Waals surface area (Å²) in [7, 11) is 1.23. The Hall–Kier alpha value is -3.27. The number of thiophene rings is 1.